The molecule has 1 saturated carbocycles. The van der Waals surface area contributed by atoms with E-state index in [0.717, 1.165) is 19.3 Å². The molecule has 0 bridgehead atoms. The van der Waals surface area contributed by atoms with Crippen LogP contribution < -0.4 is 16.8 Å². The number of carbonyl (C=O) groups is 3. The highest BCUT2D eigenvalue weighted by Crippen LogP contribution is 2.31. The second-order valence-electron chi connectivity index (χ2n) is 5.18. The Kier molecular flexibility index (Phi) is 5.29. The average molecular weight is 271 g/mol. The number of hydrogen-bond acceptors (Lipinski definition) is 4. The SMILES string of the molecule is NC(=O)CC(N)C(=O)NC1(CC(=O)O)CCCCC1. The zero-order valence-corrected chi connectivity index (χ0v) is 10.9. The summed E-state index contributed by atoms with van der Waals surface area (Å²) in [5.41, 5.74) is 9.81. The monoisotopic (exact) mass is 271 g/mol. The Bertz CT molecular complexity index is 364. The molecular weight excluding hydrogens is 250 g/mol. The molecule has 1 aliphatic carbocycles. The molecule has 0 spiro atoms. The smallest absolute Gasteiger partial charge is 0.305 e. The highest BCUT2D eigenvalue weighted by Gasteiger charge is 2.36. The molecule has 7 nitrogen and oxygen atoms in total. The molecule has 108 valence electrons. The van der Waals surface area contributed by atoms with Gasteiger partial charge in [0.25, 0.3) is 0 Å². The molecule has 0 aliphatic heterocycles. The Morgan fingerprint density at radius 3 is 2.26 bits per heavy atom. The van der Waals surface area contributed by atoms with Gasteiger partial charge in [-0.25, -0.2) is 0 Å². The van der Waals surface area contributed by atoms with Crippen molar-refractivity contribution in [3.63, 3.8) is 0 Å². The summed E-state index contributed by atoms with van der Waals surface area (Å²) in [5.74, 6) is -2.12. The maximum absolute atomic E-state index is 11.9. The van der Waals surface area contributed by atoms with Crippen LogP contribution in [0.4, 0.5) is 0 Å². The van der Waals surface area contributed by atoms with Crippen LogP contribution in [0.15, 0.2) is 0 Å². The Hall–Kier alpha value is -1.63. The van der Waals surface area contributed by atoms with Crippen LogP contribution in [0.3, 0.4) is 0 Å². The second-order valence-corrected chi connectivity index (χ2v) is 5.18. The van der Waals surface area contributed by atoms with E-state index in [1.165, 1.54) is 0 Å². The van der Waals surface area contributed by atoms with E-state index in [4.69, 9.17) is 16.6 Å². The van der Waals surface area contributed by atoms with Gasteiger partial charge >= 0.3 is 5.97 Å². The van der Waals surface area contributed by atoms with Crippen molar-refractivity contribution in [2.75, 3.05) is 0 Å². The summed E-state index contributed by atoms with van der Waals surface area (Å²) in [6.45, 7) is 0. The lowest BCUT2D eigenvalue weighted by molar-refractivity contribution is -0.140. The average Bonchev–Trinajstić information content (AvgIpc) is 2.27. The standard InChI is InChI=1S/C12H21N3O4/c13-8(6-9(14)16)11(19)15-12(7-10(17)18)4-2-1-3-5-12/h8H,1-7,13H2,(H2,14,16)(H,15,19)(H,17,18). The number of carboxylic acid groups (broad SMARTS) is 1. The quantitative estimate of drug-likeness (QED) is 0.515. The maximum atomic E-state index is 11.9. The minimum atomic E-state index is -1.02. The molecule has 0 aromatic heterocycles. The van der Waals surface area contributed by atoms with Crippen molar-refractivity contribution in [2.45, 2.75) is 56.5 Å². The fourth-order valence-electron chi connectivity index (χ4n) is 2.53. The van der Waals surface area contributed by atoms with E-state index in [2.05, 4.69) is 5.32 Å². The Labute approximate surface area is 111 Å². The third-order valence-corrected chi connectivity index (χ3v) is 3.45. The molecule has 1 fully saturated rings. The Balaban J connectivity index is 2.68. The van der Waals surface area contributed by atoms with Crippen LogP contribution in [0, 0.1) is 0 Å². The Morgan fingerprint density at radius 2 is 1.79 bits per heavy atom. The van der Waals surface area contributed by atoms with Gasteiger partial charge < -0.3 is 21.9 Å². The van der Waals surface area contributed by atoms with Gasteiger partial charge in [-0.05, 0) is 12.8 Å². The van der Waals surface area contributed by atoms with Crippen molar-refractivity contribution in [2.24, 2.45) is 11.5 Å². The first-order chi connectivity index (χ1) is 8.84. The summed E-state index contributed by atoms with van der Waals surface area (Å²) < 4.78 is 0. The number of hydrogen-bond donors (Lipinski definition) is 4. The molecule has 1 aliphatic rings. The van der Waals surface area contributed by atoms with Gasteiger partial charge in [-0.2, -0.15) is 0 Å². The summed E-state index contributed by atoms with van der Waals surface area (Å²) in [5, 5.41) is 11.7. The van der Waals surface area contributed by atoms with Crippen molar-refractivity contribution in [3.05, 3.63) is 0 Å². The molecule has 19 heavy (non-hydrogen) atoms. The van der Waals surface area contributed by atoms with Gasteiger partial charge in [0.05, 0.1) is 24.4 Å². The number of nitrogens with one attached hydrogen (secondary N) is 1. The number of nitrogens with two attached hydrogens (primary N) is 2. The van der Waals surface area contributed by atoms with Gasteiger partial charge in [0.15, 0.2) is 0 Å². The number of rotatable bonds is 6. The summed E-state index contributed by atoms with van der Waals surface area (Å²) >= 11 is 0. The van der Waals surface area contributed by atoms with Gasteiger partial charge in [0.1, 0.15) is 0 Å². The largest absolute Gasteiger partial charge is 0.481 e. The van der Waals surface area contributed by atoms with Gasteiger partial charge in [-0.15, -0.1) is 0 Å². The van der Waals surface area contributed by atoms with Crippen molar-refractivity contribution < 1.29 is 19.5 Å². The molecule has 1 atom stereocenters. The van der Waals surface area contributed by atoms with Crippen molar-refractivity contribution in [1.82, 2.24) is 5.32 Å². The van der Waals surface area contributed by atoms with Crippen LogP contribution in [0.25, 0.3) is 0 Å². The van der Waals surface area contributed by atoms with E-state index >= 15 is 0 Å². The fourth-order valence-corrected chi connectivity index (χ4v) is 2.53. The fraction of sp³-hybridized carbons (Fsp3) is 0.750. The van der Waals surface area contributed by atoms with E-state index in [9.17, 15) is 14.4 Å². The minimum Gasteiger partial charge on any atom is -0.481 e. The van der Waals surface area contributed by atoms with E-state index in [0.29, 0.717) is 12.8 Å². The summed E-state index contributed by atoms with van der Waals surface area (Å²) in [4.78, 5) is 33.6. The van der Waals surface area contributed by atoms with Crippen molar-refractivity contribution >= 4 is 17.8 Å². The minimum absolute atomic E-state index is 0.123. The molecular formula is C12H21N3O4. The Morgan fingerprint density at radius 1 is 1.21 bits per heavy atom. The van der Waals surface area contributed by atoms with E-state index in [1.54, 1.807) is 0 Å². The zero-order chi connectivity index (χ0) is 14.5. The van der Waals surface area contributed by atoms with Crippen LogP contribution in [-0.2, 0) is 14.4 Å². The molecule has 0 aromatic carbocycles. The molecule has 0 aromatic rings. The molecule has 0 heterocycles. The molecule has 7 heteroatoms. The van der Waals surface area contributed by atoms with Crippen LogP contribution in [0.1, 0.15) is 44.9 Å². The maximum Gasteiger partial charge on any atom is 0.305 e. The van der Waals surface area contributed by atoms with Gasteiger partial charge in [-0.3, -0.25) is 14.4 Å². The number of carbonyl (C=O) groups excluding carboxylic acids is 2. The lowest BCUT2D eigenvalue weighted by Crippen LogP contribution is -2.56. The first-order valence-electron chi connectivity index (χ1n) is 6.42. The van der Waals surface area contributed by atoms with E-state index < -0.39 is 29.4 Å². The van der Waals surface area contributed by atoms with Gasteiger partial charge in [0.2, 0.25) is 11.8 Å². The van der Waals surface area contributed by atoms with Crippen LogP contribution >= 0.6 is 0 Å². The molecule has 1 unspecified atom stereocenters. The van der Waals surface area contributed by atoms with Crippen LogP contribution in [0.2, 0.25) is 0 Å². The number of carboxylic acids is 1. The second kappa shape index (κ2) is 6.51. The third-order valence-electron chi connectivity index (χ3n) is 3.45. The molecule has 0 saturated heterocycles. The number of primary amides is 1. The number of amides is 2. The third kappa shape index (κ3) is 4.86. The lowest BCUT2D eigenvalue weighted by Gasteiger charge is -2.37. The summed E-state index contributed by atoms with van der Waals surface area (Å²) in [6, 6.07) is -1.02. The van der Waals surface area contributed by atoms with Gasteiger partial charge in [-0.1, -0.05) is 19.3 Å². The lowest BCUT2D eigenvalue weighted by atomic mass is 9.79. The van der Waals surface area contributed by atoms with Crippen LogP contribution in [0.5, 0.6) is 0 Å². The topological polar surface area (TPSA) is 136 Å². The van der Waals surface area contributed by atoms with Crippen LogP contribution in [-0.4, -0.2) is 34.5 Å². The van der Waals surface area contributed by atoms with Crippen molar-refractivity contribution in [1.29, 1.82) is 0 Å². The predicted molar refractivity (Wildman–Crippen MR) is 68.0 cm³/mol. The number of aliphatic carboxylic acids is 1. The predicted octanol–water partition coefficient (Wildman–Crippen LogP) is -0.517. The first kappa shape index (κ1) is 15.4. The summed E-state index contributed by atoms with van der Waals surface area (Å²) in [6.07, 6.45) is 3.65. The van der Waals surface area contributed by atoms with E-state index in [-0.39, 0.29) is 12.8 Å². The molecule has 1 rings (SSSR count). The molecule has 0 radical (unpaired) electrons. The van der Waals surface area contributed by atoms with Gasteiger partial charge in [0, 0.05) is 0 Å². The highest BCUT2D eigenvalue weighted by atomic mass is 16.4. The zero-order valence-electron chi connectivity index (χ0n) is 10.9. The first-order valence-corrected chi connectivity index (χ1v) is 6.42. The van der Waals surface area contributed by atoms with E-state index in [1.807, 2.05) is 0 Å². The normalized spacial score (nSPS) is 19.4. The molecule has 6 N–H and O–H groups in total. The highest BCUT2D eigenvalue weighted by molar-refractivity contribution is 5.88. The summed E-state index contributed by atoms with van der Waals surface area (Å²) in [7, 11) is 0. The van der Waals surface area contributed by atoms with Crippen molar-refractivity contribution in [3.8, 4) is 0 Å². The molecule has 2 amide bonds.